The summed E-state index contributed by atoms with van der Waals surface area (Å²) in [5, 5.41) is 0. The van der Waals surface area contributed by atoms with Gasteiger partial charge in [0.05, 0.1) is 0 Å². The van der Waals surface area contributed by atoms with E-state index in [1.165, 1.54) is 6.08 Å². The van der Waals surface area contributed by atoms with Gasteiger partial charge in [0.25, 0.3) is 0 Å². The summed E-state index contributed by atoms with van der Waals surface area (Å²) in [5.41, 5.74) is 0. The Kier molecular flexibility index (Phi) is 3.52. The predicted octanol–water partition coefficient (Wildman–Crippen LogP) is 2.21. The summed E-state index contributed by atoms with van der Waals surface area (Å²) in [5.74, 6) is 0.770. The van der Waals surface area contributed by atoms with Gasteiger partial charge in [0.2, 0.25) is 5.91 Å². The summed E-state index contributed by atoms with van der Waals surface area (Å²) >= 11 is 0. The maximum absolute atomic E-state index is 11.4. The van der Waals surface area contributed by atoms with Crippen molar-refractivity contribution in [2.24, 2.45) is 5.92 Å². The van der Waals surface area contributed by atoms with Crippen molar-refractivity contribution in [2.75, 3.05) is 6.54 Å². The second-order valence-corrected chi connectivity index (χ2v) is 4.16. The molecule has 0 spiro atoms. The molecule has 0 N–H and O–H groups in total. The van der Waals surface area contributed by atoms with Crippen molar-refractivity contribution in [3.05, 3.63) is 12.7 Å². The molecular formula is C11H19NO. The van der Waals surface area contributed by atoms with Crippen LogP contribution in [-0.2, 0) is 4.79 Å². The van der Waals surface area contributed by atoms with Crippen LogP contribution in [0.4, 0.5) is 0 Å². The molecular weight excluding hydrogens is 162 g/mol. The van der Waals surface area contributed by atoms with Gasteiger partial charge in [0.1, 0.15) is 0 Å². The van der Waals surface area contributed by atoms with E-state index < -0.39 is 0 Å². The minimum Gasteiger partial charge on any atom is -0.336 e. The summed E-state index contributed by atoms with van der Waals surface area (Å²) in [6.07, 6.45) is 4.87. The summed E-state index contributed by atoms with van der Waals surface area (Å²) in [7, 11) is 0. The number of amides is 1. The van der Waals surface area contributed by atoms with E-state index in [-0.39, 0.29) is 5.91 Å². The molecule has 74 valence electrons. The largest absolute Gasteiger partial charge is 0.336 e. The van der Waals surface area contributed by atoms with E-state index in [2.05, 4.69) is 20.4 Å². The lowest BCUT2D eigenvalue weighted by Gasteiger charge is -2.24. The molecule has 1 saturated heterocycles. The number of rotatable bonds is 3. The SMILES string of the molecule is C=CC(=O)N1CCC[C@H]1CC(C)C. The third-order valence-electron chi connectivity index (χ3n) is 2.58. The minimum atomic E-state index is 0.100. The highest BCUT2D eigenvalue weighted by molar-refractivity contribution is 5.87. The monoisotopic (exact) mass is 181 g/mol. The fourth-order valence-electron chi connectivity index (χ4n) is 2.03. The quantitative estimate of drug-likeness (QED) is 0.611. The fraction of sp³-hybridized carbons (Fsp3) is 0.727. The lowest BCUT2D eigenvalue weighted by Crippen LogP contribution is -2.34. The van der Waals surface area contributed by atoms with Gasteiger partial charge in [-0.3, -0.25) is 4.79 Å². The van der Waals surface area contributed by atoms with Crippen LogP contribution < -0.4 is 0 Å². The Balaban J connectivity index is 2.53. The average Bonchev–Trinajstić information content (AvgIpc) is 2.50. The third kappa shape index (κ3) is 2.58. The van der Waals surface area contributed by atoms with Crippen LogP contribution in [0.1, 0.15) is 33.1 Å². The Hall–Kier alpha value is -0.790. The number of likely N-dealkylation sites (tertiary alicyclic amines) is 1. The molecule has 0 aliphatic carbocycles. The van der Waals surface area contributed by atoms with Gasteiger partial charge in [-0.1, -0.05) is 20.4 Å². The molecule has 1 fully saturated rings. The van der Waals surface area contributed by atoms with Crippen LogP contribution in [0.3, 0.4) is 0 Å². The Morgan fingerprint density at radius 3 is 2.92 bits per heavy atom. The molecule has 0 radical (unpaired) electrons. The van der Waals surface area contributed by atoms with Gasteiger partial charge in [-0.2, -0.15) is 0 Å². The Morgan fingerprint density at radius 1 is 1.69 bits per heavy atom. The van der Waals surface area contributed by atoms with Gasteiger partial charge < -0.3 is 4.90 Å². The second kappa shape index (κ2) is 4.45. The van der Waals surface area contributed by atoms with E-state index in [1.807, 2.05) is 4.90 Å². The van der Waals surface area contributed by atoms with Crippen LogP contribution in [0.25, 0.3) is 0 Å². The highest BCUT2D eigenvalue weighted by Gasteiger charge is 2.27. The number of carbonyl (C=O) groups is 1. The van der Waals surface area contributed by atoms with Gasteiger partial charge in [-0.05, 0) is 31.3 Å². The summed E-state index contributed by atoms with van der Waals surface area (Å²) in [6.45, 7) is 8.85. The van der Waals surface area contributed by atoms with E-state index in [0.29, 0.717) is 12.0 Å². The lowest BCUT2D eigenvalue weighted by molar-refractivity contribution is -0.127. The van der Waals surface area contributed by atoms with Crippen molar-refractivity contribution < 1.29 is 4.79 Å². The molecule has 0 bridgehead atoms. The Bertz CT molecular complexity index is 198. The zero-order chi connectivity index (χ0) is 9.84. The van der Waals surface area contributed by atoms with Gasteiger partial charge in [0.15, 0.2) is 0 Å². The molecule has 1 aliphatic rings. The number of hydrogen-bond donors (Lipinski definition) is 0. The smallest absolute Gasteiger partial charge is 0.246 e. The Labute approximate surface area is 80.6 Å². The van der Waals surface area contributed by atoms with E-state index in [1.54, 1.807) is 0 Å². The number of carbonyl (C=O) groups excluding carboxylic acids is 1. The van der Waals surface area contributed by atoms with Crippen molar-refractivity contribution in [1.82, 2.24) is 4.90 Å². The highest BCUT2D eigenvalue weighted by Crippen LogP contribution is 2.23. The molecule has 0 aromatic rings. The number of hydrogen-bond acceptors (Lipinski definition) is 1. The van der Waals surface area contributed by atoms with Crippen molar-refractivity contribution in [3.8, 4) is 0 Å². The first-order valence-electron chi connectivity index (χ1n) is 5.08. The maximum Gasteiger partial charge on any atom is 0.246 e. The molecule has 2 nitrogen and oxygen atoms in total. The lowest BCUT2D eigenvalue weighted by atomic mass is 10.0. The van der Waals surface area contributed by atoms with Crippen molar-refractivity contribution in [2.45, 2.75) is 39.2 Å². The zero-order valence-electron chi connectivity index (χ0n) is 8.62. The van der Waals surface area contributed by atoms with Gasteiger partial charge in [0, 0.05) is 12.6 Å². The van der Waals surface area contributed by atoms with E-state index in [9.17, 15) is 4.79 Å². The molecule has 2 heteroatoms. The van der Waals surface area contributed by atoms with Crippen LogP contribution in [0.2, 0.25) is 0 Å². The molecule has 1 heterocycles. The first kappa shape index (κ1) is 10.3. The van der Waals surface area contributed by atoms with Gasteiger partial charge >= 0.3 is 0 Å². The topological polar surface area (TPSA) is 20.3 Å². The summed E-state index contributed by atoms with van der Waals surface area (Å²) in [6, 6.07) is 0.463. The van der Waals surface area contributed by atoms with Crippen LogP contribution in [-0.4, -0.2) is 23.4 Å². The van der Waals surface area contributed by atoms with E-state index in [0.717, 1.165) is 25.8 Å². The minimum absolute atomic E-state index is 0.100. The highest BCUT2D eigenvalue weighted by atomic mass is 16.2. The van der Waals surface area contributed by atoms with Crippen LogP contribution in [0.15, 0.2) is 12.7 Å². The third-order valence-corrected chi connectivity index (χ3v) is 2.58. The van der Waals surface area contributed by atoms with E-state index in [4.69, 9.17) is 0 Å². The molecule has 13 heavy (non-hydrogen) atoms. The normalized spacial score (nSPS) is 22.4. The molecule has 1 amide bonds. The standard InChI is InChI=1S/C11H19NO/c1-4-11(13)12-7-5-6-10(12)8-9(2)3/h4,9-10H,1,5-8H2,2-3H3/t10-/m0/s1. The average molecular weight is 181 g/mol. The maximum atomic E-state index is 11.4. The molecule has 0 saturated carbocycles. The molecule has 1 rings (SSSR count). The van der Waals surface area contributed by atoms with Gasteiger partial charge in [-0.25, -0.2) is 0 Å². The first-order chi connectivity index (χ1) is 6.15. The molecule has 0 aromatic carbocycles. The number of nitrogens with zero attached hydrogens (tertiary/aromatic N) is 1. The zero-order valence-corrected chi connectivity index (χ0v) is 8.62. The second-order valence-electron chi connectivity index (χ2n) is 4.16. The molecule has 0 unspecified atom stereocenters. The van der Waals surface area contributed by atoms with Crippen LogP contribution >= 0.6 is 0 Å². The van der Waals surface area contributed by atoms with Crippen molar-refractivity contribution in [1.29, 1.82) is 0 Å². The van der Waals surface area contributed by atoms with Gasteiger partial charge in [-0.15, -0.1) is 0 Å². The first-order valence-corrected chi connectivity index (χ1v) is 5.08. The summed E-state index contributed by atoms with van der Waals surface area (Å²) in [4.78, 5) is 13.4. The van der Waals surface area contributed by atoms with Crippen molar-refractivity contribution >= 4 is 5.91 Å². The summed E-state index contributed by atoms with van der Waals surface area (Å²) < 4.78 is 0. The van der Waals surface area contributed by atoms with Crippen molar-refractivity contribution in [3.63, 3.8) is 0 Å². The van der Waals surface area contributed by atoms with Crippen LogP contribution in [0, 0.1) is 5.92 Å². The van der Waals surface area contributed by atoms with E-state index >= 15 is 0 Å². The fourth-order valence-corrected chi connectivity index (χ4v) is 2.03. The Morgan fingerprint density at radius 2 is 2.38 bits per heavy atom. The molecule has 1 aliphatic heterocycles. The predicted molar refractivity (Wildman–Crippen MR) is 54.4 cm³/mol. The molecule has 1 atom stereocenters. The molecule has 0 aromatic heterocycles. The van der Waals surface area contributed by atoms with Crippen LogP contribution in [0.5, 0.6) is 0 Å².